The minimum Gasteiger partial charge on any atom is -0.377 e. The Hall–Kier alpha value is -5.37. The summed E-state index contributed by atoms with van der Waals surface area (Å²) in [4.78, 5) is 71.6. The highest BCUT2D eigenvalue weighted by molar-refractivity contribution is 7.15. The van der Waals surface area contributed by atoms with Gasteiger partial charge in [0.05, 0.1) is 57.8 Å². The molecule has 2 aromatic carbocycles. The summed E-state index contributed by atoms with van der Waals surface area (Å²) in [5, 5.41) is 21.8. The molecule has 4 atom stereocenters. The van der Waals surface area contributed by atoms with Crippen molar-refractivity contribution in [2.45, 2.75) is 77.0 Å². The fourth-order valence-electron chi connectivity index (χ4n) is 8.71. The fraction of sp³-hybridized carbons (Fsp3) is 0.455. The molecule has 0 spiro atoms. The normalized spacial score (nSPS) is 20.1. The first-order valence-electron chi connectivity index (χ1n) is 21.2. The number of fused-ring (bicyclic) bond motifs is 3. The molecular formula is C44H50ClN9O8S. The third-order valence-corrected chi connectivity index (χ3v) is 13.3. The van der Waals surface area contributed by atoms with Gasteiger partial charge in [-0.3, -0.25) is 38.8 Å². The zero-order valence-electron chi connectivity index (χ0n) is 35.3. The van der Waals surface area contributed by atoms with E-state index in [2.05, 4.69) is 45.3 Å². The third kappa shape index (κ3) is 9.46. The van der Waals surface area contributed by atoms with Gasteiger partial charge in [0.25, 0.3) is 5.91 Å². The van der Waals surface area contributed by atoms with Gasteiger partial charge < -0.3 is 35.1 Å². The summed E-state index contributed by atoms with van der Waals surface area (Å²) in [6.45, 7) is 8.02. The molecule has 5 amide bonds. The van der Waals surface area contributed by atoms with E-state index in [-0.39, 0.29) is 68.4 Å². The molecular weight excluding hydrogens is 850 g/mol. The van der Waals surface area contributed by atoms with Crippen LogP contribution in [0.3, 0.4) is 0 Å². The first kappa shape index (κ1) is 44.2. The second-order valence-electron chi connectivity index (χ2n) is 15.9. The number of carbonyl (C=O) groups excluding carboxylic acids is 5. The van der Waals surface area contributed by atoms with Gasteiger partial charge >= 0.3 is 0 Å². The van der Waals surface area contributed by atoms with Crippen LogP contribution in [0.5, 0.6) is 0 Å². The molecule has 0 bridgehead atoms. The van der Waals surface area contributed by atoms with Crippen molar-refractivity contribution in [1.29, 1.82) is 0 Å². The monoisotopic (exact) mass is 899 g/mol. The summed E-state index contributed by atoms with van der Waals surface area (Å²) >= 11 is 7.87. The van der Waals surface area contributed by atoms with E-state index in [0.29, 0.717) is 68.6 Å². The molecule has 17 nitrogen and oxygen atoms in total. The average molecular weight is 900 g/mol. The Morgan fingerprint density at radius 2 is 1.65 bits per heavy atom. The number of aromatic nitrogens is 3. The summed E-state index contributed by atoms with van der Waals surface area (Å²) in [5.74, 6) is -0.0505. The van der Waals surface area contributed by atoms with E-state index in [9.17, 15) is 24.0 Å². The van der Waals surface area contributed by atoms with Gasteiger partial charge in [-0.05, 0) is 74.9 Å². The number of nitrogens with zero attached hydrogens (tertiary/aromatic N) is 5. The highest BCUT2D eigenvalue weighted by atomic mass is 35.5. The highest BCUT2D eigenvalue weighted by Gasteiger charge is 2.48. The molecule has 8 rings (SSSR count). The number of aliphatic imine (C=N–C) groups is 1. The van der Waals surface area contributed by atoms with Crippen molar-refractivity contribution in [3.63, 3.8) is 0 Å². The minimum absolute atomic E-state index is 0.00271. The van der Waals surface area contributed by atoms with Crippen molar-refractivity contribution in [1.82, 2.24) is 40.9 Å². The molecule has 2 aromatic heterocycles. The molecule has 332 valence electrons. The van der Waals surface area contributed by atoms with Crippen molar-refractivity contribution in [2.24, 2.45) is 4.99 Å². The van der Waals surface area contributed by atoms with Crippen molar-refractivity contribution in [3.8, 4) is 5.00 Å². The van der Waals surface area contributed by atoms with E-state index in [1.165, 1.54) is 4.88 Å². The van der Waals surface area contributed by atoms with Gasteiger partial charge in [-0.25, -0.2) is 0 Å². The largest absolute Gasteiger partial charge is 0.377 e. The number of imide groups is 1. The van der Waals surface area contributed by atoms with Crippen LogP contribution in [-0.2, 0) is 33.4 Å². The standard InChI is InChI=1S/C44H50ClN9O8S/c1-24-25(2)63-44-38(24)40(27-7-9-28(45)10-8-27)49-32(41-52-51-26(3)53(41)44)21-36(56)48-23-62-20-19-61-18-17-60-16-15-46-37(57)22-47-31-11-12-33-39-29(31)5-4-6-30(39)43(59)54(33)34-13-14-35(55)50-42(34)58/h4-10,31-34,47H,11-23H2,1-3H3,(H,46,57)(H,48,56)(H,50,55,58)/t31?,32-,33?,34?/m0/s1. The summed E-state index contributed by atoms with van der Waals surface area (Å²) in [6, 6.07) is 11.5. The van der Waals surface area contributed by atoms with Crippen molar-refractivity contribution < 1.29 is 38.2 Å². The van der Waals surface area contributed by atoms with Crippen LogP contribution in [0, 0.1) is 20.8 Å². The number of carbonyl (C=O) groups is 5. The topological polar surface area (TPSA) is 207 Å². The maximum absolute atomic E-state index is 13.4. The number of piperidine rings is 1. The summed E-state index contributed by atoms with van der Waals surface area (Å²) in [7, 11) is 0. The Morgan fingerprint density at radius 1 is 0.889 bits per heavy atom. The van der Waals surface area contributed by atoms with Crippen LogP contribution in [0.4, 0.5) is 0 Å². The van der Waals surface area contributed by atoms with Gasteiger partial charge in [0.1, 0.15) is 29.6 Å². The molecule has 63 heavy (non-hydrogen) atoms. The van der Waals surface area contributed by atoms with Crippen LogP contribution >= 0.6 is 22.9 Å². The molecule has 4 aromatic rings. The number of rotatable bonds is 18. The first-order valence-corrected chi connectivity index (χ1v) is 22.3. The van der Waals surface area contributed by atoms with E-state index >= 15 is 0 Å². The quantitative estimate of drug-likeness (QED) is 0.0641. The highest BCUT2D eigenvalue weighted by Crippen LogP contribution is 2.47. The zero-order valence-corrected chi connectivity index (χ0v) is 36.9. The molecule has 4 N–H and O–H groups in total. The second-order valence-corrected chi connectivity index (χ2v) is 17.5. The Morgan fingerprint density at radius 3 is 2.43 bits per heavy atom. The predicted octanol–water partition coefficient (Wildman–Crippen LogP) is 3.86. The van der Waals surface area contributed by atoms with Gasteiger partial charge in [0, 0.05) is 45.6 Å². The van der Waals surface area contributed by atoms with Crippen LogP contribution in [0.25, 0.3) is 5.00 Å². The number of halogens is 1. The summed E-state index contributed by atoms with van der Waals surface area (Å²) in [5.41, 5.74) is 6.21. The van der Waals surface area contributed by atoms with E-state index in [0.717, 1.165) is 44.4 Å². The molecule has 1 fully saturated rings. The lowest BCUT2D eigenvalue weighted by Crippen LogP contribution is -2.53. The van der Waals surface area contributed by atoms with Crippen molar-refractivity contribution in [2.75, 3.05) is 52.9 Å². The minimum atomic E-state index is -0.678. The number of benzene rings is 2. The number of amides is 5. The van der Waals surface area contributed by atoms with Crippen LogP contribution in [0.1, 0.15) is 105 Å². The van der Waals surface area contributed by atoms with Crippen molar-refractivity contribution >= 4 is 58.2 Å². The number of nitrogens with one attached hydrogen (secondary N) is 4. The summed E-state index contributed by atoms with van der Waals surface area (Å²) in [6.07, 6.45) is 1.87. The molecule has 19 heteroatoms. The number of ether oxygens (including phenoxy) is 3. The van der Waals surface area contributed by atoms with Gasteiger partial charge in [0.15, 0.2) is 5.82 Å². The maximum Gasteiger partial charge on any atom is 0.255 e. The lowest BCUT2D eigenvalue weighted by Gasteiger charge is -2.38. The first-order chi connectivity index (χ1) is 30.5. The Balaban J connectivity index is 0.705. The molecule has 0 saturated carbocycles. The molecule has 0 radical (unpaired) electrons. The number of thiophene rings is 1. The lowest BCUT2D eigenvalue weighted by atomic mass is 9.83. The molecule has 3 unspecified atom stereocenters. The second kappa shape index (κ2) is 19.6. The SMILES string of the molecule is Cc1sc2c(c1C)C(c1ccc(Cl)cc1)=N[C@@H](CC(=O)NCOCCOCCOCCNC(=O)CNC1CCC3c4c(cccc41)C(=O)N3C1CCC(=O)NC1=O)c1nnc(C)n1-2. The molecule has 1 aliphatic carbocycles. The predicted molar refractivity (Wildman–Crippen MR) is 233 cm³/mol. The number of hydrogen-bond donors (Lipinski definition) is 4. The summed E-state index contributed by atoms with van der Waals surface area (Å²) < 4.78 is 18.8. The van der Waals surface area contributed by atoms with Crippen LogP contribution in [-0.4, -0.2) is 114 Å². The number of aryl methyl sites for hydroxylation is 2. The van der Waals surface area contributed by atoms with E-state index in [1.54, 1.807) is 22.3 Å². The molecule has 5 heterocycles. The van der Waals surface area contributed by atoms with Crippen molar-refractivity contribution in [3.05, 3.63) is 97.4 Å². The maximum atomic E-state index is 13.4. The Bertz CT molecular complexity index is 2440. The van der Waals surface area contributed by atoms with Gasteiger partial charge in [-0.15, -0.1) is 21.5 Å². The fourth-order valence-corrected chi connectivity index (χ4v) is 10.1. The number of hydrogen-bond acceptors (Lipinski definition) is 13. The zero-order chi connectivity index (χ0) is 44.2. The van der Waals surface area contributed by atoms with Gasteiger partial charge in [0.2, 0.25) is 23.6 Å². The van der Waals surface area contributed by atoms with Crippen LogP contribution in [0.2, 0.25) is 5.02 Å². The van der Waals surface area contributed by atoms with Gasteiger partial charge in [-0.2, -0.15) is 0 Å². The molecule has 3 aliphatic heterocycles. The lowest BCUT2D eigenvalue weighted by molar-refractivity contribution is -0.137. The Labute approximate surface area is 373 Å². The van der Waals surface area contributed by atoms with E-state index < -0.39 is 18.0 Å². The van der Waals surface area contributed by atoms with E-state index in [4.69, 9.17) is 30.8 Å². The third-order valence-electron chi connectivity index (χ3n) is 11.9. The smallest absolute Gasteiger partial charge is 0.255 e. The molecule has 1 saturated heterocycles. The van der Waals surface area contributed by atoms with Crippen LogP contribution in [0.15, 0.2) is 47.5 Å². The van der Waals surface area contributed by atoms with E-state index in [1.807, 2.05) is 47.9 Å². The Kier molecular flexibility index (Phi) is 13.7. The van der Waals surface area contributed by atoms with Crippen LogP contribution < -0.4 is 21.3 Å². The average Bonchev–Trinajstić information content (AvgIpc) is 3.86. The van der Waals surface area contributed by atoms with Gasteiger partial charge in [-0.1, -0.05) is 35.9 Å². The molecule has 4 aliphatic rings.